The lowest BCUT2D eigenvalue weighted by atomic mass is 10.1. The van der Waals surface area contributed by atoms with Gasteiger partial charge in [0.2, 0.25) is 12.3 Å². The largest absolute Gasteiger partial charge is 0.423 e. The van der Waals surface area contributed by atoms with Crippen molar-refractivity contribution in [3.8, 4) is 11.5 Å². The first-order valence-electron chi connectivity index (χ1n) is 4.25. The first-order chi connectivity index (χ1) is 6.40. The number of benzene rings is 1. The SMILES string of the molecule is CCc1ccc(-c2nnco2)cc1. The molecule has 0 aliphatic carbocycles. The molecule has 0 amide bonds. The van der Waals surface area contributed by atoms with Crippen LogP contribution in [-0.4, -0.2) is 10.2 Å². The Morgan fingerprint density at radius 3 is 2.54 bits per heavy atom. The van der Waals surface area contributed by atoms with E-state index in [1.54, 1.807) is 0 Å². The van der Waals surface area contributed by atoms with Gasteiger partial charge in [0.15, 0.2) is 0 Å². The fourth-order valence-electron chi connectivity index (χ4n) is 1.18. The summed E-state index contributed by atoms with van der Waals surface area (Å²) in [6.45, 7) is 2.13. The quantitative estimate of drug-likeness (QED) is 0.701. The summed E-state index contributed by atoms with van der Waals surface area (Å²) in [6.07, 6.45) is 2.38. The lowest BCUT2D eigenvalue weighted by Crippen LogP contribution is -1.81. The summed E-state index contributed by atoms with van der Waals surface area (Å²) < 4.78 is 5.07. The lowest BCUT2D eigenvalue weighted by Gasteiger charge is -1.96. The molecule has 0 aliphatic heterocycles. The van der Waals surface area contributed by atoms with Crippen molar-refractivity contribution >= 4 is 0 Å². The number of aryl methyl sites for hydroxylation is 1. The molecule has 0 radical (unpaired) electrons. The standard InChI is InChI=1S/C10H10N2O/c1-2-8-3-5-9(6-4-8)10-12-11-7-13-10/h3-7H,2H2,1H3. The second-order valence-electron chi connectivity index (χ2n) is 2.79. The van der Waals surface area contributed by atoms with Crippen molar-refractivity contribution in [3.63, 3.8) is 0 Å². The Labute approximate surface area is 76.4 Å². The van der Waals surface area contributed by atoms with Gasteiger partial charge in [-0.2, -0.15) is 0 Å². The van der Waals surface area contributed by atoms with Gasteiger partial charge >= 0.3 is 0 Å². The Morgan fingerprint density at radius 1 is 1.23 bits per heavy atom. The summed E-state index contributed by atoms with van der Waals surface area (Å²) in [5, 5.41) is 7.45. The third-order valence-electron chi connectivity index (χ3n) is 1.97. The van der Waals surface area contributed by atoms with E-state index in [4.69, 9.17) is 4.42 Å². The molecule has 0 fully saturated rings. The summed E-state index contributed by atoms with van der Waals surface area (Å²) in [5.74, 6) is 0.572. The van der Waals surface area contributed by atoms with Crippen LogP contribution < -0.4 is 0 Å². The highest BCUT2D eigenvalue weighted by atomic mass is 16.4. The molecular formula is C10H10N2O. The monoisotopic (exact) mass is 174 g/mol. The van der Waals surface area contributed by atoms with Gasteiger partial charge in [0.05, 0.1) is 0 Å². The Kier molecular flexibility index (Phi) is 2.08. The molecule has 0 N–H and O–H groups in total. The number of aromatic nitrogens is 2. The van der Waals surface area contributed by atoms with E-state index in [-0.39, 0.29) is 0 Å². The summed E-state index contributed by atoms with van der Waals surface area (Å²) in [5.41, 5.74) is 2.28. The third kappa shape index (κ3) is 1.59. The summed E-state index contributed by atoms with van der Waals surface area (Å²) in [7, 11) is 0. The third-order valence-corrected chi connectivity index (χ3v) is 1.97. The Balaban J connectivity index is 2.33. The van der Waals surface area contributed by atoms with Gasteiger partial charge in [-0.05, 0) is 24.1 Å². The number of rotatable bonds is 2. The first kappa shape index (κ1) is 7.98. The van der Waals surface area contributed by atoms with Crippen LogP contribution in [0.25, 0.3) is 11.5 Å². The van der Waals surface area contributed by atoms with Crippen LogP contribution in [0.15, 0.2) is 35.1 Å². The maximum atomic E-state index is 5.07. The minimum absolute atomic E-state index is 0.572. The van der Waals surface area contributed by atoms with Crippen molar-refractivity contribution in [2.45, 2.75) is 13.3 Å². The zero-order valence-electron chi connectivity index (χ0n) is 7.40. The topological polar surface area (TPSA) is 38.9 Å². The molecule has 1 aromatic carbocycles. The molecule has 1 heterocycles. The molecule has 0 spiro atoms. The molecule has 2 rings (SSSR count). The van der Waals surface area contributed by atoms with Gasteiger partial charge in [-0.25, -0.2) is 0 Å². The normalized spacial score (nSPS) is 10.2. The summed E-state index contributed by atoms with van der Waals surface area (Å²) in [6, 6.07) is 8.12. The van der Waals surface area contributed by atoms with Gasteiger partial charge in [-0.3, -0.25) is 0 Å². The van der Waals surface area contributed by atoms with Crippen molar-refractivity contribution in [2.24, 2.45) is 0 Å². The van der Waals surface area contributed by atoms with Crippen molar-refractivity contribution in [1.29, 1.82) is 0 Å². The van der Waals surface area contributed by atoms with E-state index < -0.39 is 0 Å². The van der Waals surface area contributed by atoms with Crippen molar-refractivity contribution < 1.29 is 4.42 Å². The zero-order valence-corrected chi connectivity index (χ0v) is 7.40. The fourth-order valence-corrected chi connectivity index (χ4v) is 1.18. The molecule has 0 bridgehead atoms. The first-order valence-corrected chi connectivity index (χ1v) is 4.25. The Bertz CT molecular complexity index is 364. The maximum absolute atomic E-state index is 5.07. The second-order valence-corrected chi connectivity index (χ2v) is 2.79. The second kappa shape index (κ2) is 3.39. The molecular weight excluding hydrogens is 164 g/mol. The van der Waals surface area contributed by atoms with Crippen LogP contribution in [-0.2, 0) is 6.42 Å². The van der Waals surface area contributed by atoms with E-state index >= 15 is 0 Å². The summed E-state index contributed by atoms with van der Waals surface area (Å²) >= 11 is 0. The number of hydrogen-bond acceptors (Lipinski definition) is 3. The molecule has 3 nitrogen and oxygen atoms in total. The van der Waals surface area contributed by atoms with Gasteiger partial charge in [0, 0.05) is 5.56 Å². The smallest absolute Gasteiger partial charge is 0.247 e. The van der Waals surface area contributed by atoms with E-state index in [0.717, 1.165) is 12.0 Å². The predicted octanol–water partition coefficient (Wildman–Crippen LogP) is 2.30. The van der Waals surface area contributed by atoms with Crippen LogP contribution in [0.1, 0.15) is 12.5 Å². The average molecular weight is 174 g/mol. The van der Waals surface area contributed by atoms with Crippen LogP contribution in [0.3, 0.4) is 0 Å². The highest BCUT2D eigenvalue weighted by molar-refractivity contribution is 5.52. The molecule has 13 heavy (non-hydrogen) atoms. The highest BCUT2D eigenvalue weighted by Crippen LogP contribution is 2.16. The van der Waals surface area contributed by atoms with Crippen molar-refractivity contribution in [2.75, 3.05) is 0 Å². The molecule has 0 unspecified atom stereocenters. The van der Waals surface area contributed by atoms with Gasteiger partial charge < -0.3 is 4.42 Å². The minimum atomic E-state index is 0.572. The zero-order chi connectivity index (χ0) is 9.10. The van der Waals surface area contributed by atoms with Crippen LogP contribution in [0, 0.1) is 0 Å². The molecule has 0 saturated heterocycles. The van der Waals surface area contributed by atoms with E-state index in [9.17, 15) is 0 Å². The molecule has 0 saturated carbocycles. The molecule has 0 atom stereocenters. The van der Waals surface area contributed by atoms with Gasteiger partial charge in [-0.1, -0.05) is 19.1 Å². The van der Waals surface area contributed by atoms with E-state index in [1.165, 1.54) is 12.0 Å². The average Bonchev–Trinajstić information content (AvgIpc) is 2.71. The van der Waals surface area contributed by atoms with Crippen LogP contribution in [0.2, 0.25) is 0 Å². The molecule has 66 valence electrons. The maximum Gasteiger partial charge on any atom is 0.247 e. The predicted molar refractivity (Wildman–Crippen MR) is 49.1 cm³/mol. The lowest BCUT2D eigenvalue weighted by molar-refractivity contribution is 0.568. The van der Waals surface area contributed by atoms with E-state index in [2.05, 4.69) is 29.3 Å². The molecule has 2 aromatic rings. The highest BCUT2D eigenvalue weighted by Gasteiger charge is 2.01. The van der Waals surface area contributed by atoms with E-state index in [1.807, 2.05) is 12.1 Å². The van der Waals surface area contributed by atoms with E-state index in [0.29, 0.717) is 5.89 Å². The van der Waals surface area contributed by atoms with Crippen LogP contribution in [0.4, 0.5) is 0 Å². The molecule has 1 aromatic heterocycles. The van der Waals surface area contributed by atoms with Gasteiger partial charge in [-0.15, -0.1) is 10.2 Å². The Hall–Kier alpha value is -1.64. The fraction of sp³-hybridized carbons (Fsp3) is 0.200. The van der Waals surface area contributed by atoms with Gasteiger partial charge in [0.25, 0.3) is 0 Å². The Morgan fingerprint density at radius 2 is 2.00 bits per heavy atom. The summed E-state index contributed by atoms with van der Waals surface area (Å²) in [4.78, 5) is 0. The number of hydrogen-bond donors (Lipinski definition) is 0. The van der Waals surface area contributed by atoms with Crippen molar-refractivity contribution in [3.05, 3.63) is 36.2 Å². The van der Waals surface area contributed by atoms with Gasteiger partial charge in [0.1, 0.15) is 0 Å². The van der Waals surface area contributed by atoms with Crippen LogP contribution in [0.5, 0.6) is 0 Å². The van der Waals surface area contributed by atoms with Crippen molar-refractivity contribution in [1.82, 2.24) is 10.2 Å². The minimum Gasteiger partial charge on any atom is -0.423 e. The molecule has 3 heteroatoms. The number of nitrogens with zero attached hydrogens (tertiary/aromatic N) is 2. The van der Waals surface area contributed by atoms with Crippen LogP contribution >= 0.6 is 0 Å². The molecule has 0 aliphatic rings.